The maximum absolute atomic E-state index is 12.4. The first-order chi connectivity index (χ1) is 10.2. The highest BCUT2D eigenvalue weighted by molar-refractivity contribution is 5.78. The Morgan fingerprint density at radius 3 is 2.48 bits per heavy atom. The molecule has 2 aliphatic rings. The lowest BCUT2D eigenvalue weighted by atomic mass is 9.98. The zero-order valence-corrected chi connectivity index (χ0v) is 12.4. The van der Waals surface area contributed by atoms with Crippen molar-refractivity contribution < 1.29 is 14.6 Å². The summed E-state index contributed by atoms with van der Waals surface area (Å²) in [6, 6.07) is 10.5. The number of benzene rings is 1. The highest BCUT2D eigenvalue weighted by Crippen LogP contribution is 2.36. The van der Waals surface area contributed by atoms with Crippen LogP contribution in [0, 0.1) is 0 Å². The molecule has 2 bridgehead atoms. The number of aliphatic hydroxyl groups excluding tert-OH is 1. The zero-order valence-electron chi connectivity index (χ0n) is 12.4. The van der Waals surface area contributed by atoms with E-state index >= 15 is 0 Å². The van der Waals surface area contributed by atoms with Crippen molar-refractivity contribution in [1.29, 1.82) is 0 Å². The molecule has 3 atom stereocenters. The van der Waals surface area contributed by atoms with Crippen LogP contribution in [0.15, 0.2) is 30.3 Å². The molecule has 0 radical (unpaired) electrons. The summed E-state index contributed by atoms with van der Waals surface area (Å²) in [6.07, 6.45) is 4.26. The Bertz CT molecular complexity index is 476. The third-order valence-electron chi connectivity index (χ3n) is 5.01. The van der Waals surface area contributed by atoms with Crippen LogP contribution in [0.2, 0.25) is 0 Å². The fourth-order valence-electron chi connectivity index (χ4n) is 3.71. The van der Waals surface area contributed by atoms with E-state index in [0.29, 0.717) is 12.1 Å². The van der Waals surface area contributed by atoms with E-state index in [-0.39, 0.29) is 18.7 Å². The Balaban J connectivity index is 1.63. The monoisotopic (exact) mass is 289 g/mol. The van der Waals surface area contributed by atoms with E-state index < -0.39 is 5.92 Å². The van der Waals surface area contributed by atoms with Crippen molar-refractivity contribution in [1.82, 2.24) is 4.90 Å². The average molecular weight is 289 g/mol. The molecular formula is C17H23NO3. The lowest BCUT2D eigenvalue weighted by Crippen LogP contribution is -2.43. The summed E-state index contributed by atoms with van der Waals surface area (Å²) in [5.41, 5.74) is 0.820. The van der Waals surface area contributed by atoms with E-state index in [1.807, 2.05) is 30.3 Å². The van der Waals surface area contributed by atoms with Crippen molar-refractivity contribution in [3.8, 4) is 0 Å². The minimum Gasteiger partial charge on any atom is -0.462 e. The molecule has 2 fully saturated rings. The molecule has 2 unspecified atom stereocenters. The molecule has 21 heavy (non-hydrogen) atoms. The van der Waals surface area contributed by atoms with Gasteiger partial charge in [-0.3, -0.25) is 4.79 Å². The van der Waals surface area contributed by atoms with Crippen LogP contribution in [-0.4, -0.2) is 47.8 Å². The molecule has 0 saturated carbocycles. The van der Waals surface area contributed by atoms with Crippen LogP contribution in [0.25, 0.3) is 0 Å². The molecule has 2 heterocycles. The minimum atomic E-state index is -0.566. The summed E-state index contributed by atoms with van der Waals surface area (Å²) in [4.78, 5) is 14.8. The van der Waals surface area contributed by atoms with Crippen molar-refractivity contribution in [3.05, 3.63) is 35.9 Å². The van der Waals surface area contributed by atoms with Gasteiger partial charge in [0.15, 0.2) is 0 Å². The first kappa shape index (κ1) is 14.5. The van der Waals surface area contributed by atoms with Gasteiger partial charge < -0.3 is 14.7 Å². The molecule has 0 aliphatic carbocycles. The lowest BCUT2D eigenvalue weighted by molar-refractivity contribution is -0.155. The Labute approximate surface area is 125 Å². The Hall–Kier alpha value is -1.39. The van der Waals surface area contributed by atoms with Gasteiger partial charge in [0, 0.05) is 12.1 Å². The number of fused-ring (bicyclic) bond motifs is 2. The molecule has 1 N–H and O–H groups in total. The number of carbonyl (C=O) groups excluding carboxylic acids is 1. The number of hydrogen-bond acceptors (Lipinski definition) is 4. The predicted molar refractivity (Wildman–Crippen MR) is 80.0 cm³/mol. The number of hydrogen-bond donors (Lipinski definition) is 1. The number of rotatable bonds is 4. The maximum Gasteiger partial charge on any atom is 0.316 e. The van der Waals surface area contributed by atoms with E-state index in [4.69, 9.17) is 4.74 Å². The predicted octanol–water partition coefficient (Wildman–Crippen LogP) is 1.93. The molecule has 3 rings (SSSR count). The third kappa shape index (κ3) is 2.97. The molecule has 1 aromatic rings. The van der Waals surface area contributed by atoms with Crippen molar-refractivity contribution in [2.45, 2.75) is 49.8 Å². The summed E-state index contributed by atoms with van der Waals surface area (Å²) < 4.78 is 5.70. The Morgan fingerprint density at radius 2 is 1.90 bits per heavy atom. The quantitative estimate of drug-likeness (QED) is 0.861. The fraction of sp³-hybridized carbons (Fsp3) is 0.588. The topological polar surface area (TPSA) is 49.8 Å². The summed E-state index contributed by atoms with van der Waals surface area (Å²) in [5, 5.41) is 9.53. The van der Waals surface area contributed by atoms with Gasteiger partial charge in [0.05, 0.1) is 6.61 Å². The first-order valence-electron chi connectivity index (χ1n) is 7.77. The Morgan fingerprint density at radius 1 is 1.29 bits per heavy atom. The summed E-state index contributed by atoms with van der Waals surface area (Å²) in [5.74, 6) is -0.860. The second kappa shape index (κ2) is 6.16. The lowest BCUT2D eigenvalue weighted by Gasteiger charge is -2.36. The van der Waals surface area contributed by atoms with Gasteiger partial charge in [-0.2, -0.15) is 0 Å². The van der Waals surface area contributed by atoms with Gasteiger partial charge in [-0.1, -0.05) is 30.3 Å². The van der Waals surface area contributed by atoms with Crippen LogP contribution >= 0.6 is 0 Å². The van der Waals surface area contributed by atoms with Gasteiger partial charge >= 0.3 is 5.97 Å². The third-order valence-corrected chi connectivity index (χ3v) is 5.01. The molecular weight excluding hydrogens is 266 g/mol. The van der Waals surface area contributed by atoms with Crippen LogP contribution in [-0.2, 0) is 9.53 Å². The number of aliphatic hydroxyl groups is 1. The van der Waals surface area contributed by atoms with Crippen molar-refractivity contribution in [2.24, 2.45) is 0 Å². The van der Waals surface area contributed by atoms with Crippen molar-refractivity contribution >= 4 is 5.97 Å². The van der Waals surface area contributed by atoms with Gasteiger partial charge in [0.1, 0.15) is 12.0 Å². The largest absolute Gasteiger partial charge is 0.462 e. The van der Waals surface area contributed by atoms with Crippen LogP contribution < -0.4 is 0 Å². The molecule has 0 amide bonds. The van der Waals surface area contributed by atoms with Crippen LogP contribution in [0.3, 0.4) is 0 Å². The normalized spacial score (nSPS) is 30.1. The van der Waals surface area contributed by atoms with Gasteiger partial charge in [0.25, 0.3) is 0 Å². The smallest absolute Gasteiger partial charge is 0.316 e. The van der Waals surface area contributed by atoms with E-state index in [1.165, 1.54) is 12.8 Å². The summed E-state index contributed by atoms with van der Waals surface area (Å²) >= 11 is 0. The first-order valence-corrected chi connectivity index (χ1v) is 7.77. The number of ether oxygens (including phenoxy) is 1. The standard InChI is InChI=1S/C17H23NO3/c1-18-13-7-8-14(18)10-15(9-13)21-17(20)16(11-19)12-5-3-2-4-6-12/h2-6,13-16,19H,7-11H2,1H3/t13?,14?,15?,16-/m0/s1. The number of carbonyl (C=O) groups is 1. The van der Waals surface area contributed by atoms with E-state index in [0.717, 1.165) is 18.4 Å². The number of esters is 1. The molecule has 114 valence electrons. The van der Waals surface area contributed by atoms with E-state index in [9.17, 15) is 9.90 Å². The molecule has 0 spiro atoms. The van der Waals surface area contributed by atoms with Crippen LogP contribution in [0.5, 0.6) is 0 Å². The fourth-order valence-corrected chi connectivity index (χ4v) is 3.71. The van der Waals surface area contributed by atoms with Gasteiger partial charge in [-0.25, -0.2) is 0 Å². The number of piperidine rings is 1. The van der Waals surface area contributed by atoms with Gasteiger partial charge in [0.2, 0.25) is 0 Å². The summed E-state index contributed by atoms with van der Waals surface area (Å²) in [7, 11) is 2.17. The molecule has 1 aromatic carbocycles. The van der Waals surface area contributed by atoms with Crippen molar-refractivity contribution in [3.63, 3.8) is 0 Å². The summed E-state index contributed by atoms with van der Waals surface area (Å²) in [6.45, 7) is -0.206. The van der Waals surface area contributed by atoms with Crippen molar-refractivity contribution in [2.75, 3.05) is 13.7 Å². The minimum absolute atomic E-state index is 0.00367. The molecule has 4 heteroatoms. The molecule has 0 aromatic heterocycles. The number of nitrogens with zero attached hydrogens (tertiary/aromatic N) is 1. The average Bonchev–Trinajstić information content (AvgIpc) is 2.72. The highest BCUT2D eigenvalue weighted by Gasteiger charge is 2.40. The highest BCUT2D eigenvalue weighted by atomic mass is 16.5. The Kier molecular flexibility index (Phi) is 4.27. The maximum atomic E-state index is 12.4. The zero-order chi connectivity index (χ0) is 14.8. The second-order valence-corrected chi connectivity index (χ2v) is 6.23. The van der Waals surface area contributed by atoms with Crippen LogP contribution in [0.1, 0.15) is 37.2 Å². The van der Waals surface area contributed by atoms with E-state index in [2.05, 4.69) is 11.9 Å². The SMILES string of the molecule is CN1C2CCC1CC(OC(=O)[C@@H](CO)c1ccccc1)C2. The van der Waals surface area contributed by atoms with Gasteiger partial charge in [-0.05, 0) is 38.3 Å². The molecule has 4 nitrogen and oxygen atoms in total. The van der Waals surface area contributed by atoms with E-state index in [1.54, 1.807) is 0 Å². The molecule has 2 aliphatic heterocycles. The van der Waals surface area contributed by atoms with Crippen LogP contribution in [0.4, 0.5) is 0 Å². The van der Waals surface area contributed by atoms with Gasteiger partial charge in [-0.15, -0.1) is 0 Å². The molecule has 2 saturated heterocycles. The second-order valence-electron chi connectivity index (χ2n) is 6.23.